The van der Waals surface area contributed by atoms with Crippen LogP contribution in [-0.4, -0.2) is 33.3 Å². The average Bonchev–Trinajstić information content (AvgIpc) is 2.77. The van der Waals surface area contributed by atoms with E-state index in [-0.39, 0.29) is 10.7 Å². The summed E-state index contributed by atoms with van der Waals surface area (Å²) in [5.74, 6) is 0.0535. The number of nitrogens with zero attached hydrogens (tertiary/aromatic N) is 2. The minimum atomic E-state index is -3.73. The Bertz CT molecular complexity index is 1250. The lowest BCUT2D eigenvalue weighted by atomic mass is 10.2. The number of hydrogen-bond donors (Lipinski definition) is 1. The molecule has 7 nitrogen and oxygen atoms in total. The molecule has 0 radical (unpaired) electrons. The van der Waals surface area contributed by atoms with E-state index in [1.165, 1.54) is 12.3 Å². The molecule has 3 aromatic rings. The zero-order chi connectivity index (χ0) is 23.8. The first-order valence-corrected chi connectivity index (χ1v) is 12.3. The molecule has 10 heteroatoms. The fourth-order valence-electron chi connectivity index (χ4n) is 2.82. The lowest BCUT2D eigenvalue weighted by Gasteiger charge is -2.22. The van der Waals surface area contributed by atoms with Gasteiger partial charge in [0, 0.05) is 5.02 Å². The Morgan fingerprint density at radius 3 is 2.45 bits per heavy atom. The van der Waals surface area contributed by atoms with Gasteiger partial charge in [0.25, 0.3) is 5.91 Å². The van der Waals surface area contributed by atoms with E-state index in [1.54, 1.807) is 48.5 Å². The van der Waals surface area contributed by atoms with Crippen LogP contribution in [0.15, 0.2) is 77.9 Å². The summed E-state index contributed by atoms with van der Waals surface area (Å²) >= 11 is 12.1. The molecule has 0 atom stereocenters. The van der Waals surface area contributed by atoms with Crippen molar-refractivity contribution in [3.63, 3.8) is 0 Å². The molecule has 3 aromatic carbocycles. The molecule has 33 heavy (non-hydrogen) atoms. The average molecular weight is 506 g/mol. The second-order valence-electron chi connectivity index (χ2n) is 7.00. The molecule has 0 aromatic heterocycles. The molecule has 1 amide bonds. The number of ether oxygens (including phenoxy) is 1. The zero-order valence-electron chi connectivity index (χ0n) is 17.6. The van der Waals surface area contributed by atoms with Gasteiger partial charge in [0.05, 0.1) is 23.2 Å². The first-order chi connectivity index (χ1) is 15.7. The monoisotopic (exact) mass is 505 g/mol. The molecule has 0 fully saturated rings. The zero-order valence-corrected chi connectivity index (χ0v) is 19.9. The van der Waals surface area contributed by atoms with E-state index in [9.17, 15) is 13.2 Å². The molecule has 0 aliphatic heterocycles. The van der Waals surface area contributed by atoms with Crippen molar-refractivity contribution in [2.75, 3.05) is 17.1 Å². The standard InChI is InChI=1S/C23H21Cl2N3O4S/c1-33(30,31)28(22-8-3-2-7-21(22)25)15-23(29)27-26-14-17-9-11-20(12-10-17)32-16-18-5-4-6-19(24)13-18/h2-14H,15-16H2,1H3,(H,27,29)/b26-14-. The number of anilines is 1. The Morgan fingerprint density at radius 2 is 1.79 bits per heavy atom. The van der Waals surface area contributed by atoms with Crippen molar-refractivity contribution in [2.24, 2.45) is 5.10 Å². The number of sulfonamides is 1. The number of para-hydroxylation sites is 1. The topological polar surface area (TPSA) is 88.1 Å². The van der Waals surface area contributed by atoms with E-state index in [2.05, 4.69) is 10.5 Å². The molecule has 0 saturated heterocycles. The summed E-state index contributed by atoms with van der Waals surface area (Å²) in [6.07, 6.45) is 2.45. The molecule has 0 heterocycles. The van der Waals surface area contributed by atoms with Crippen molar-refractivity contribution in [3.05, 3.63) is 94.0 Å². The third-order valence-electron chi connectivity index (χ3n) is 4.39. The van der Waals surface area contributed by atoms with Crippen LogP contribution in [0.4, 0.5) is 5.69 Å². The van der Waals surface area contributed by atoms with E-state index in [0.717, 1.165) is 21.7 Å². The molecule has 0 aliphatic carbocycles. The molecule has 172 valence electrons. The number of halogens is 2. The number of amides is 1. The van der Waals surface area contributed by atoms with Gasteiger partial charge < -0.3 is 4.74 Å². The highest BCUT2D eigenvalue weighted by molar-refractivity contribution is 7.92. The van der Waals surface area contributed by atoms with Crippen molar-refractivity contribution in [1.82, 2.24) is 5.43 Å². The van der Waals surface area contributed by atoms with Crippen molar-refractivity contribution in [2.45, 2.75) is 6.61 Å². The van der Waals surface area contributed by atoms with Gasteiger partial charge in [-0.25, -0.2) is 13.8 Å². The van der Waals surface area contributed by atoms with Crippen LogP contribution < -0.4 is 14.5 Å². The summed E-state index contributed by atoms with van der Waals surface area (Å²) in [7, 11) is -3.73. The molecule has 3 rings (SSSR count). The van der Waals surface area contributed by atoms with Gasteiger partial charge in [0.15, 0.2) is 0 Å². The fourth-order valence-corrected chi connectivity index (χ4v) is 4.19. The predicted octanol–water partition coefficient (Wildman–Crippen LogP) is 4.49. The van der Waals surface area contributed by atoms with Gasteiger partial charge in [-0.2, -0.15) is 5.10 Å². The van der Waals surface area contributed by atoms with Crippen molar-refractivity contribution in [1.29, 1.82) is 0 Å². The number of carbonyl (C=O) groups is 1. The van der Waals surface area contributed by atoms with Crippen LogP contribution >= 0.6 is 23.2 Å². The van der Waals surface area contributed by atoms with E-state index in [1.807, 2.05) is 18.2 Å². The summed E-state index contributed by atoms with van der Waals surface area (Å²) in [4.78, 5) is 12.3. The lowest BCUT2D eigenvalue weighted by Crippen LogP contribution is -2.39. The number of nitrogens with one attached hydrogen (secondary N) is 1. The minimum absolute atomic E-state index is 0.217. The van der Waals surface area contributed by atoms with Crippen LogP contribution in [0.1, 0.15) is 11.1 Å². The quantitative estimate of drug-likeness (QED) is 0.342. The highest BCUT2D eigenvalue weighted by Crippen LogP contribution is 2.26. The van der Waals surface area contributed by atoms with Gasteiger partial charge >= 0.3 is 0 Å². The maximum Gasteiger partial charge on any atom is 0.260 e. The highest BCUT2D eigenvalue weighted by Gasteiger charge is 2.22. The van der Waals surface area contributed by atoms with E-state index < -0.39 is 22.5 Å². The predicted molar refractivity (Wildman–Crippen MR) is 132 cm³/mol. The SMILES string of the molecule is CS(=O)(=O)N(CC(=O)N/N=C\c1ccc(OCc2cccc(Cl)c2)cc1)c1ccccc1Cl. The molecule has 0 unspecified atom stereocenters. The largest absolute Gasteiger partial charge is 0.489 e. The summed E-state index contributed by atoms with van der Waals surface area (Å²) in [5, 5.41) is 4.76. The van der Waals surface area contributed by atoms with Crippen molar-refractivity contribution < 1.29 is 17.9 Å². The van der Waals surface area contributed by atoms with Gasteiger partial charge in [-0.15, -0.1) is 0 Å². The van der Waals surface area contributed by atoms with Crippen LogP contribution in [0.5, 0.6) is 5.75 Å². The van der Waals surface area contributed by atoms with E-state index in [0.29, 0.717) is 17.4 Å². The van der Waals surface area contributed by atoms with Crippen LogP contribution in [0, 0.1) is 0 Å². The number of benzene rings is 3. The summed E-state index contributed by atoms with van der Waals surface area (Å²) in [5.41, 5.74) is 4.22. The number of carbonyl (C=O) groups excluding carboxylic acids is 1. The second-order valence-corrected chi connectivity index (χ2v) is 9.75. The second kappa shape index (κ2) is 11.2. The molecule has 0 spiro atoms. The number of rotatable bonds is 9. The van der Waals surface area contributed by atoms with Gasteiger partial charge in [-0.3, -0.25) is 9.10 Å². The number of hydrogen-bond acceptors (Lipinski definition) is 5. The van der Waals surface area contributed by atoms with Gasteiger partial charge in [0.2, 0.25) is 10.0 Å². The molecule has 0 saturated carbocycles. The highest BCUT2D eigenvalue weighted by atomic mass is 35.5. The summed E-state index contributed by atoms with van der Waals surface area (Å²) in [6.45, 7) is -0.0808. The van der Waals surface area contributed by atoms with Crippen LogP contribution in [-0.2, 0) is 21.4 Å². The van der Waals surface area contributed by atoms with Crippen LogP contribution in [0.3, 0.4) is 0 Å². The van der Waals surface area contributed by atoms with Gasteiger partial charge in [-0.1, -0.05) is 47.5 Å². The molecular weight excluding hydrogens is 485 g/mol. The first-order valence-electron chi connectivity index (χ1n) is 9.74. The molecule has 1 N–H and O–H groups in total. The van der Waals surface area contributed by atoms with Gasteiger partial charge in [0.1, 0.15) is 18.9 Å². The third-order valence-corrected chi connectivity index (χ3v) is 6.07. The van der Waals surface area contributed by atoms with Crippen LogP contribution in [0.25, 0.3) is 0 Å². The van der Waals surface area contributed by atoms with Crippen molar-refractivity contribution in [3.8, 4) is 5.75 Å². The normalized spacial score (nSPS) is 11.4. The van der Waals surface area contributed by atoms with E-state index >= 15 is 0 Å². The molecule has 0 bridgehead atoms. The Morgan fingerprint density at radius 1 is 1.06 bits per heavy atom. The maximum absolute atomic E-state index is 12.3. The Balaban J connectivity index is 1.55. The smallest absolute Gasteiger partial charge is 0.260 e. The molecular formula is C23H21Cl2N3O4S. The Hall–Kier alpha value is -3.07. The van der Waals surface area contributed by atoms with E-state index in [4.69, 9.17) is 27.9 Å². The third kappa shape index (κ3) is 7.49. The first kappa shape index (κ1) is 24.6. The number of hydrazone groups is 1. The van der Waals surface area contributed by atoms with Gasteiger partial charge in [-0.05, 0) is 59.7 Å². The Kier molecular flexibility index (Phi) is 8.32. The fraction of sp³-hybridized carbons (Fsp3) is 0.130. The summed E-state index contributed by atoms with van der Waals surface area (Å²) < 4.78 is 30.9. The van der Waals surface area contributed by atoms with Crippen LogP contribution in [0.2, 0.25) is 10.0 Å². The molecule has 0 aliphatic rings. The maximum atomic E-state index is 12.3. The summed E-state index contributed by atoms with van der Waals surface area (Å²) in [6, 6.07) is 20.9. The van der Waals surface area contributed by atoms with Crippen molar-refractivity contribution >= 4 is 51.0 Å². The Labute approximate surface area is 202 Å². The minimum Gasteiger partial charge on any atom is -0.489 e. The lowest BCUT2D eigenvalue weighted by molar-refractivity contribution is -0.119.